The number of ether oxygens (including phenoxy) is 1. The normalized spacial score (nSPS) is 11.1. The summed E-state index contributed by atoms with van der Waals surface area (Å²) in [5.41, 5.74) is 1.61. The second-order valence-corrected chi connectivity index (χ2v) is 7.91. The molecule has 0 saturated heterocycles. The van der Waals surface area contributed by atoms with Crippen LogP contribution in [-0.4, -0.2) is 64.0 Å². The molecular formula is C23H27FN8O2. The maximum atomic E-state index is 13.1. The summed E-state index contributed by atoms with van der Waals surface area (Å²) in [6, 6.07) is 12.1. The highest BCUT2D eigenvalue weighted by Gasteiger charge is 2.13. The van der Waals surface area contributed by atoms with E-state index in [2.05, 4.69) is 49.5 Å². The Morgan fingerprint density at radius 3 is 2.50 bits per heavy atom. The molecule has 10 nitrogen and oxygen atoms in total. The molecule has 11 heteroatoms. The maximum absolute atomic E-state index is 13.1. The fourth-order valence-corrected chi connectivity index (χ4v) is 3.11. The van der Waals surface area contributed by atoms with Gasteiger partial charge in [-0.15, -0.1) is 0 Å². The molecule has 1 aromatic carbocycles. The third-order valence-electron chi connectivity index (χ3n) is 5.23. The van der Waals surface area contributed by atoms with Gasteiger partial charge in [-0.1, -0.05) is 6.92 Å². The summed E-state index contributed by atoms with van der Waals surface area (Å²) in [5.74, 6) is 2.10. The third-order valence-corrected chi connectivity index (χ3v) is 5.23. The standard InChI is InChI=1S/C23H27FN8O2/c1-5-31(3)10-11-32(4)22-14-20(25-21-12-15(2)28-29-21)26-23(27-22)33-17-8-6-16(7-9-17)18-13-19(24)30-34-18/h6-9,12-14H,5,10-11H2,1-4H3,(H2,25,26,27,28,29). The van der Waals surface area contributed by atoms with Crippen molar-refractivity contribution < 1.29 is 13.7 Å². The monoisotopic (exact) mass is 466 g/mol. The van der Waals surface area contributed by atoms with Gasteiger partial charge in [0.1, 0.15) is 17.4 Å². The van der Waals surface area contributed by atoms with E-state index < -0.39 is 5.95 Å². The van der Waals surface area contributed by atoms with Gasteiger partial charge in [0.2, 0.25) is 0 Å². The van der Waals surface area contributed by atoms with Gasteiger partial charge in [0, 0.05) is 49.6 Å². The van der Waals surface area contributed by atoms with E-state index in [1.54, 1.807) is 24.3 Å². The van der Waals surface area contributed by atoms with Crippen LogP contribution in [-0.2, 0) is 0 Å². The molecule has 178 valence electrons. The van der Waals surface area contributed by atoms with Gasteiger partial charge in [0.05, 0.1) is 0 Å². The van der Waals surface area contributed by atoms with E-state index in [1.165, 1.54) is 6.07 Å². The van der Waals surface area contributed by atoms with Crippen molar-refractivity contribution in [1.82, 2.24) is 30.2 Å². The van der Waals surface area contributed by atoms with Crippen molar-refractivity contribution in [1.29, 1.82) is 0 Å². The SMILES string of the molecule is CCN(C)CCN(C)c1cc(Nc2cc(C)[nH]n2)nc(Oc2ccc(-c3cc(F)no3)cc2)n1. The topological polar surface area (TPSA) is 108 Å². The minimum absolute atomic E-state index is 0.182. The zero-order valence-electron chi connectivity index (χ0n) is 19.5. The molecule has 0 spiro atoms. The second-order valence-electron chi connectivity index (χ2n) is 7.91. The van der Waals surface area contributed by atoms with Crippen molar-refractivity contribution in [3.8, 4) is 23.1 Å². The smallest absolute Gasteiger partial charge is 0.325 e. The van der Waals surface area contributed by atoms with E-state index in [0.717, 1.165) is 25.3 Å². The number of H-pyrrole nitrogens is 1. The molecule has 34 heavy (non-hydrogen) atoms. The fourth-order valence-electron chi connectivity index (χ4n) is 3.11. The molecule has 0 aliphatic rings. The van der Waals surface area contributed by atoms with Crippen molar-refractivity contribution >= 4 is 17.5 Å². The lowest BCUT2D eigenvalue weighted by molar-refractivity contribution is 0.360. The van der Waals surface area contributed by atoms with Crippen molar-refractivity contribution in [3.05, 3.63) is 54.1 Å². The predicted molar refractivity (Wildman–Crippen MR) is 127 cm³/mol. The number of rotatable bonds is 10. The molecule has 0 amide bonds. The molecule has 0 bridgehead atoms. The van der Waals surface area contributed by atoms with Crippen molar-refractivity contribution in [2.45, 2.75) is 13.8 Å². The Balaban J connectivity index is 1.56. The zero-order valence-corrected chi connectivity index (χ0v) is 19.5. The van der Waals surface area contributed by atoms with E-state index in [-0.39, 0.29) is 6.01 Å². The Hall–Kier alpha value is -3.99. The van der Waals surface area contributed by atoms with E-state index >= 15 is 0 Å². The molecule has 0 saturated carbocycles. The van der Waals surface area contributed by atoms with Crippen LogP contribution in [0.4, 0.5) is 21.8 Å². The Kier molecular flexibility index (Phi) is 7.02. The van der Waals surface area contributed by atoms with Crippen LogP contribution < -0.4 is 15.0 Å². The van der Waals surface area contributed by atoms with E-state index in [9.17, 15) is 4.39 Å². The van der Waals surface area contributed by atoms with Crippen LogP contribution in [0.1, 0.15) is 12.6 Å². The Labute approximate surface area is 196 Å². The van der Waals surface area contributed by atoms with Crippen molar-refractivity contribution in [2.24, 2.45) is 0 Å². The number of hydrogen-bond acceptors (Lipinski definition) is 9. The number of likely N-dealkylation sites (N-methyl/N-ethyl adjacent to an activating group) is 2. The third kappa shape index (κ3) is 5.87. The number of hydrogen-bond donors (Lipinski definition) is 2. The number of aromatic nitrogens is 5. The number of nitrogens with one attached hydrogen (secondary N) is 2. The second kappa shape index (κ2) is 10.3. The maximum Gasteiger partial charge on any atom is 0.325 e. The number of halogens is 1. The van der Waals surface area contributed by atoms with Gasteiger partial charge in [0.15, 0.2) is 11.6 Å². The quantitative estimate of drug-likeness (QED) is 0.355. The van der Waals surface area contributed by atoms with Crippen LogP contribution in [0.15, 0.2) is 47.0 Å². The summed E-state index contributed by atoms with van der Waals surface area (Å²) in [6.07, 6.45) is 0. The van der Waals surface area contributed by atoms with E-state index in [4.69, 9.17) is 9.26 Å². The van der Waals surface area contributed by atoms with Crippen LogP contribution in [0.25, 0.3) is 11.3 Å². The first-order chi connectivity index (χ1) is 16.4. The molecule has 0 atom stereocenters. The average Bonchev–Trinajstić information content (AvgIpc) is 3.45. The molecular weight excluding hydrogens is 439 g/mol. The molecule has 2 N–H and O–H groups in total. The molecule has 3 heterocycles. The Bertz CT molecular complexity index is 1220. The van der Waals surface area contributed by atoms with Crippen LogP contribution >= 0.6 is 0 Å². The minimum Gasteiger partial charge on any atom is -0.424 e. The van der Waals surface area contributed by atoms with Gasteiger partial charge in [0.25, 0.3) is 5.95 Å². The number of aryl methyl sites for hydroxylation is 1. The first-order valence-corrected chi connectivity index (χ1v) is 10.9. The van der Waals surface area contributed by atoms with Gasteiger partial charge < -0.3 is 24.4 Å². The summed E-state index contributed by atoms with van der Waals surface area (Å²) < 4.78 is 24.0. The summed E-state index contributed by atoms with van der Waals surface area (Å²) in [4.78, 5) is 13.4. The molecule has 4 rings (SSSR count). The Morgan fingerprint density at radius 1 is 1.06 bits per heavy atom. The van der Waals surface area contributed by atoms with Gasteiger partial charge in [-0.3, -0.25) is 5.10 Å². The molecule has 0 aliphatic carbocycles. The van der Waals surface area contributed by atoms with Crippen LogP contribution in [0.3, 0.4) is 0 Å². The van der Waals surface area contributed by atoms with Crippen LogP contribution in [0.2, 0.25) is 0 Å². The van der Waals surface area contributed by atoms with Gasteiger partial charge in [-0.2, -0.15) is 19.5 Å². The van der Waals surface area contributed by atoms with E-state index in [1.807, 2.05) is 31.0 Å². The summed E-state index contributed by atoms with van der Waals surface area (Å²) in [6.45, 7) is 6.68. The van der Waals surface area contributed by atoms with Gasteiger partial charge in [-0.05, 0) is 49.9 Å². The van der Waals surface area contributed by atoms with Crippen LogP contribution in [0.5, 0.6) is 11.8 Å². The largest absolute Gasteiger partial charge is 0.424 e. The lowest BCUT2D eigenvalue weighted by atomic mass is 10.2. The number of benzene rings is 1. The highest BCUT2D eigenvalue weighted by Crippen LogP contribution is 2.27. The first-order valence-electron chi connectivity index (χ1n) is 10.9. The van der Waals surface area contributed by atoms with Gasteiger partial charge >= 0.3 is 6.01 Å². The predicted octanol–water partition coefficient (Wildman–Crippen LogP) is 4.23. The summed E-state index contributed by atoms with van der Waals surface area (Å²) in [5, 5.41) is 13.6. The average molecular weight is 467 g/mol. The molecule has 0 aliphatic heterocycles. The number of anilines is 3. The van der Waals surface area contributed by atoms with Gasteiger partial charge in [-0.25, -0.2) is 0 Å². The van der Waals surface area contributed by atoms with Crippen molar-refractivity contribution in [2.75, 3.05) is 43.9 Å². The highest BCUT2D eigenvalue weighted by atomic mass is 19.1. The zero-order chi connectivity index (χ0) is 24.1. The number of aromatic amines is 1. The first kappa shape index (κ1) is 23.2. The molecule has 4 aromatic rings. The molecule has 0 unspecified atom stereocenters. The van der Waals surface area contributed by atoms with Crippen molar-refractivity contribution in [3.63, 3.8) is 0 Å². The van der Waals surface area contributed by atoms with Crippen LogP contribution in [0, 0.1) is 12.9 Å². The lowest BCUT2D eigenvalue weighted by Gasteiger charge is -2.22. The molecule has 0 fully saturated rings. The minimum atomic E-state index is -0.665. The molecule has 0 radical (unpaired) electrons. The lowest BCUT2D eigenvalue weighted by Crippen LogP contribution is -2.31. The summed E-state index contributed by atoms with van der Waals surface area (Å²) in [7, 11) is 4.05. The Morgan fingerprint density at radius 2 is 1.85 bits per heavy atom. The fraction of sp³-hybridized carbons (Fsp3) is 0.304. The highest BCUT2D eigenvalue weighted by molar-refractivity contribution is 5.59. The summed E-state index contributed by atoms with van der Waals surface area (Å²) >= 11 is 0. The number of nitrogens with zero attached hydrogens (tertiary/aromatic N) is 6. The van der Waals surface area contributed by atoms with E-state index in [0.29, 0.717) is 34.5 Å². The molecule has 3 aromatic heterocycles.